The Balaban J connectivity index is 0.00000312. The maximum atomic E-state index is 12.8. The number of halogens is 1. The maximum absolute atomic E-state index is 12.8. The van der Waals surface area contributed by atoms with Crippen LogP contribution in [0.1, 0.15) is 37.3 Å². The van der Waals surface area contributed by atoms with Gasteiger partial charge in [0.1, 0.15) is 0 Å². The van der Waals surface area contributed by atoms with Crippen LogP contribution in [0.2, 0.25) is 0 Å². The van der Waals surface area contributed by atoms with Crippen molar-refractivity contribution in [1.82, 2.24) is 15.1 Å². The lowest BCUT2D eigenvalue weighted by Gasteiger charge is -2.36. The molecule has 1 N–H and O–H groups in total. The van der Waals surface area contributed by atoms with E-state index in [9.17, 15) is 4.79 Å². The van der Waals surface area contributed by atoms with Crippen LogP contribution in [0.25, 0.3) is 0 Å². The van der Waals surface area contributed by atoms with Gasteiger partial charge in [-0.05, 0) is 76.8 Å². The second-order valence-electron chi connectivity index (χ2n) is 7.17. The van der Waals surface area contributed by atoms with Gasteiger partial charge in [-0.3, -0.25) is 9.69 Å². The summed E-state index contributed by atoms with van der Waals surface area (Å²) in [5, 5.41) is 3.24. The lowest BCUT2D eigenvalue weighted by Crippen LogP contribution is -2.48. The molecule has 1 amide bonds. The largest absolute Gasteiger partial charge is 0.340 e. The van der Waals surface area contributed by atoms with E-state index in [0.29, 0.717) is 6.54 Å². The van der Waals surface area contributed by atoms with Crippen molar-refractivity contribution in [2.24, 2.45) is 5.92 Å². The molecule has 5 heteroatoms. The molecule has 1 aliphatic heterocycles. The lowest BCUT2D eigenvalue weighted by atomic mass is 9.92. The van der Waals surface area contributed by atoms with Crippen LogP contribution in [0, 0.1) is 12.8 Å². The Hall–Kier alpha value is -1.10. The molecule has 0 aromatic heterocycles. The minimum Gasteiger partial charge on any atom is -0.340 e. The summed E-state index contributed by atoms with van der Waals surface area (Å²) >= 11 is 0. The summed E-state index contributed by atoms with van der Waals surface area (Å²) in [5.41, 5.74) is 2.47. The quantitative estimate of drug-likeness (QED) is 0.804. The molecule has 2 rings (SSSR count). The van der Waals surface area contributed by atoms with E-state index in [1.165, 1.54) is 30.4 Å². The Morgan fingerprint density at radius 3 is 2.56 bits per heavy atom. The van der Waals surface area contributed by atoms with Crippen LogP contribution < -0.4 is 5.32 Å². The van der Waals surface area contributed by atoms with Crippen LogP contribution in [0.5, 0.6) is 0 Å². The van der Waals surface area contributed by atoms with Crippen molar-refractivity contribution in [3.05, 3.63) is 35.4 Å². The fraction of sp³-hybridized carbons (Fsp3) is 0.650. The van der Waals surface area contributed by atoms with E-state index in [1.807, 2.05) is 31.1 Å². The van der Waals surface area contributed by atoms with Crippen LogP contribution in [-0.4, -0.2) is 55.5 Å². The highest BCUT2D eigenvalue weighted by atomic mass is 35.5. The van der Waals surface area contributed by atoms with Gasteiger partial charge in [0.25, 0.3) is 0 Å². The summed E-state index contributed by atoms with van der Waals surface area (Å²) in [5.74, 6) is 1.03. The van der Waals surface area contributed by atoms with Crippen molar-refractivity contribution in [1.29, 1.82) is 0 Å². The van der Waals surface area contributed by atoms with E-state index in [0.717, 1.165) is 25.6 Å². The Bertz CT molecular complexity index is 529. The number of carbonyl (C=O) groups is 1. The number of likely N-dealkylation sites (N-methyl/N-ethyl adjacent to an activating group) is 1. The number of hydrogen-bond donors (Lipinski definition) is 1. The van der Waals surface area contributed by atoms with E-state index in [1.54, 1.807) is 0 Å². The van der Waals surface area contributed by atoms with Crippen molar-refractivity contribution >= 4 is 18.3 Å². The molecule has 0 radical (unpaired) electrons. The molecule has 1 aromatic rings. The zero-order chi connectivity index (χ0) is 17.5. The average Bonchev–Trinajstić information content (AvgIpc) is 2.61. The van der Waals surface area contributed by atoms with Crippen molar-refractivity contribution in [2.45, 2.75) is 45.7 Å². The molecule has 1 atom stereocenters. The second kappa shape index (κ2) is 10.8. The summed E-state index contributed by atoms with van der Waals surface area (Å²) in [7, 11) is 3.94. The number of likely N-dealkylation sites (tertiary alicyclic amines) is 1. The summed E-state index contributed by atoms with van der Waals surface area (Å²) in [6.07, 6.45) is 3.67. The Morgan fingerprint density at radius 1 is 1.32 bits per heavy atom. The number of carbonyl (C=O) groups excluding carboxylic acids is 1. The minimum atomic E-state index is -0.0238. The Morgan fingerprint density at radius 2 is 1.96 bits per heavy atom. The van der Waals surface area contributed by atoms with Crippen molar-refractivity contribution < 1.29 is 4.79 Å². The van der Waals surface area contributed by atoms with Gasteiger partial charge in [-0.15, -0.1) is 12.4 Å². The van der Waals surface area contributed by atoms with Gasteiger partial charge >= 0.3 is 0 Å². The van der Waals surface area contributed by atoms with Crippen LogP contribution >= 0.6 is 12.4 Å². The van der Waals surface area contributed by atoms with E-state index in [2.05, 4.69) is 36.2 Å². The lowest BCUT2D eigenvalue weighted by molar-refractivity contribution is -0.136. The Kier molecular flexibility index (Phi) is 9.47. The molecule has 1 aliphatic rings. The fourth-order valence-electron chi connectivity index (χ4n) is 3.57. The van der Waals surface area contributed by atoms with Gasteiger partial charge in [0, 0.05) is 13.6 Å². The van der Waals surface area contributed by atoms with E-state index in [4.69, 9.17) is 0 Å². The zero-order valence-corrected chi connectivity index (χ0v) is 16.9. The molecule has 1 aromatic carbocycles. The Labute approximate surface area is 159 Å². The third-order valence-electron chi connectivity index (χ3n) is 5.40. The zero-order valence-electron chi connectivity index (χ0n) is 16.1. The van der Waals surface area contributed by atoms with Crippen LogP contribution in [-0.2, 0) is 11.3 Å². The number of aryl methyl sites for hydroxylation is 1. The molecule has 0 bridgehead atoms. The molecule has 4 nitrogen and oxygen atoms in total. The van der Waals surface area contributed by atoms with Gasteiger partial charge < -0.3 is 10.2 Å². The number of nitrogens with zero attached hydrogens (tertiary/aromatic N) is 2. The molecule has 0 saturated carbocycles. The van der Waals surface area contributed by atoms with Crippen LogP contribution in [0.4, 0.5) is 0 Å². The van der Waals surface area contributed by atoms with Gasteiger partial charge in [-0.2, -0.15) is 0 Å². The molecule has 0 spiro atoms. The fourth-order valence-corrected chi connectivity index (χ4v) is 3.57. The first-order valence-electron chi connectivity index (χ1n) is 9.21. The average molecular weight is 368 g/mol. The summed E-state index contributed by atoms with van der Waals surface area (Å²) in [4.78, 5) is 17.0. The summed E-state index contributed by atoms with van der Waals surface area (Å²) < 4.78 is 0. The minimum absolute atomic E-state index is 0. The molecule has 142 valence electrons. The van der Waals surface area contributed by atoms with E-state index in [-0.39, 0.29) is 24.4 Å². The number of hydrogen-bond acceptors (Lipinski definition) is 3. The van der Waals surface area contributed by atoms with Gasteiger partial charge in [-0.1, -0.05) is 24.3 Å². The predicted molar refractivity (Wildman–Crippen MR) is 107 cm³/mol. The highest BCUT2D eigenvalue weighted by molar-refractivity contribution is 5.85. The molecule has 1 heterocycles. The summed E-state index contributed by atoms with van der Waals surface area (Å²) in [6, 6.07) is 8.27. The first-order chi connectivity index (χ1) is 11.5. The third kappa shape index (κ3) is 6.28. The maximum Gasteiger partial charge on any atom is 0.239 e. The molecule has 1 saturated heterocycles. The highest BCUT2D eigenvalue weighted by Gasteiger charge is 2.28. The first kappa shape index (κ1) is 21.9. The van der Waals surface area contributed by atoms with Crippen LogP contribution in [0.3, 0.4) is 0 Å². The van der Waals surface area contributed by atoms with Gasteiger partial charge in [0.05, 0.1) is 6.04 Å². The number of benzene rings is 1. The van der Waals surface area contributed by atoms with Crippen molar-refractivity contribution in [2.75, 3.05) is 33.7 Å². The molecular weight excluding hydrogens is 334 g/mol. The number of piperidine rings is 1. The number of rotatable bonds is 7. The molecule has 1 unspecified atom stereocenters. The number of amides is 1. The van der Waals surface area contributed by atoms with E-state index < -0.39 is 0 Å². The molecule has 25 heavy (non-hydrogen) atoms. The third-order valence-corrected chi connectivity index (χ3v) is 5.40. The topological polar surface area (TPSA) is 35.6 Å². The van der Waals surface area contributed by atoms with Crippen molar-refractivity contribution in [3.8, 4) is 0 Å². The van der Waals surface area contributed by atoms with Crippen LogP contribution in [0.15, 0.2) is 24.3 Å². The normalized spacial score (nSPS) is 17.0. The number of nitrogens with one attached hydrogen (secondary N) is 1. The van der Waals surface area contributed by atoms with Crippen molar-refractivity contribution in [3.63, 3.8) is 0 Å². The molecule has 0 aliphatic carbocycles. The monoisotopic (exact) mass is 367 g/mol. The van der Waals surface area contributed by atoms with E-state index >= 15 is 0 Å². The van der Waals surface area contributed by atoms with Gasteiger partial charge in [0.15, 0.2) is 0 Å². The summed E-state index contributed by atoms with van der Waals surface area (Å²) in [6.45, 7) is 8.03. The first-order valence-corrected chi connectivity index (χ1v) is 9.21. The smallest absolute Gasteiger partial charge is 0.239 e. The second-order valence-corrected chi connectivity index (χ2v) is 7.17. The SMILES string of the molecule is CNCCC1CCN(C(C)C(=O)N(C)Cc2ccccc2C)CC1.Cl. The van der Waals surface area contributed by atoms with Gasteiger partial charge in [0.2, 0.25) is 5.91 Å². The van der Waals surface area contributed by atoms with Gasteiger partial charge in [-0.25, -0.2) is 0 Å². The highest BCUT2D eigenvalue weighted by Crippen LogP contribution is 2.22. The molecule has 1 fully saturated rings. The molecular formula is C20H34ClN3O. The standard InChI is InChI=1S/C20H33N3O.ClH/c1-16-7-5-6-8-19(16)15-22(4)20(24)17(2)23-13-10-18(11-14-23)9-12-21-3;/h5-8,17-18,21H,9-15H2,1-4H3;1H. The predicted octanol–water partition coefficient (Wildman–Crippen LogP) is 3.09.